The first-order chi connectivity index (χ1) is 8.15. The highest BCUT2D eigenvalue weighted by Crippen LogP contribution is 2.37. The minimum absolute atomic E-state index is 0.0758. The van der Waals surface area contributed by atoms with Crippen LogP contribution in [0.4, 0.5) is 0 Å². The summed E-state index contributed by atoms with van der Waals surface area (Å²) in [7, 11) is 1.70. The third-order valence-electron chi connectivity index (χ3n) is 3.32. The number of amides is 1. The van der Waals surface area contributed by atoms with Crippen LogP contribution in [0.25, 0.3) is 0 Å². The summed E-state index contributed by atoms with van der Waals surface area (Å²) in [6.07, 6.45) is 3.64. The molecule has 1 saturated carbocycles. The Kier molecular flexibility index (Phi) is 4.22. The molecule has 94 valence electrons. The van der Waals surface area contributed by atoms with Crippen LogP contribution in [0.5, 0.6) is 0 Å². The summed E-state index contributed by atoms with van der Waals surface area (Å²) in [6.45, 7) is 0.594. The second kappa shape index (κ2) is 5.50. The number of thiophene rings is 1. The van der Waals surface area contributed by atoms with Crippen molar-refractivity contribution in [3.63, 3.8) is 0 Å². The predicted molar refractivity (Wildman–Crippen MR) is 72.1 cm³/mol. The van der Waals surface area contributed by atoms with Crippen LogP contribution in [0.15, 0.2) is 15.9 Å². The zero-order valence-corrected chi connectivity index (χ0v) is 12.2. The fourth-order valence-electron chi connectivity index (χ4n) is 2.01. The lowest BCUT2D eigenvalue weighted by atomic mass is 9.77. The second-order valence-corrected chi connectivity index (χ2v) is 6.24. The lowest BCUT2D eigenvalue weighted by Crippen LogP contribution is -2.43. The van der Waals surface area contributed by atoms with Gasteiger partial charge in [-0.2, -0.15) is 0 Å². The quantitative estimate of drug-likeness (QED) is 0.906. The van der Waals surface area contributed by atoms with E-state index >= 15 is 0 Å². The minimum atomic E-state index is -0.184. The average Bonchev–Trinajstić information content (AvgIpc) is 2.67. The molecule has 2 rings (SSSR count). The number of carbonyl (C=O) groups is 1. The molecule has 0 bridgehead atoms. The van der Waals surface area contributed by atoms with Crippen molar-refractivity contribution in [1.82, 2.24) is 5.32 Å². The first-order valence-corrected chi connectivity index (χ1v) is 7.36. The fourth-order valence-corrected chi connectivity index (χ4v) is 3.44. The molecule has 0 aromatic carbocycles. The average molecular weight is 318 g/mol. The van der Waals surface area contributed by atoms with E-state index in [-0.39, 0.29) is 11.5 Å². The highest BCUT2D eigenvalue weighted by atomic mass is 79.9. The van der Waals surface area contributed by atoms with E-state index in [1.807, 2.05) is 11.4 Å². The Morgan fingerprint density at radius 2 is 2.41 bits per heavy atom. The Hall–Kier alpha value is -0.390. The van der Waals surface area contributed by atoms with Crippen molar-refractivity contribution < 1.29 is 9.53 Å². The van der Waals surface area contributed by atoms with Gasteiger partial charge in [0.25, 0.3) is 0 Å². The van der Waals surface area contributed by atoms with E-state index in [1.54, 1.807) is 18.4 Å². The molecule has 1 aliphatic carbocycles. The molecule has 0 radical (unpaired) electrons. The Morgan fingerprint density at radius 3 is 2.88 bits per heavy atom. The van der Waals surface area contributed by atoms with E-state index in [9.17, 15) is 4.79 Å². The number of carbonyl (C=O) groups excluding carboxylic acids is 1. The summed E-state index contributed by atoms with van der Waals surface area (Å²) >= 11 is 5.09. The van der Waals surface area contributed by atoms with Crippen LogP contribution in [-0.4, -0.2) is 18.6 Å². The molecule has 0 saturated heterocycles. The molecule has 1 N–H and O–H groups in total. The van der Waals surface area contributed by atoms with Gasteiger partial charge in [0.15, 0.2) is 0 Å². The maximum Gasteiger partial charge on any atom is 0.223 e. The molecule has 0 aliphatic heterocycles. The summed E-state index contributed by atoms with van der Waals surface area (Å²) in [5.74, 6) is 0.0758. The molecule has 1 heterocycles. The standard InChI is InChI=1S/C12H16BrNO2S/c1-16-12(4-2-5-12)7-11(15)14-8-10-9(13)3-6-17-10/h3,6H,2,4-5,7-8H2,1H3,(H,14,15). The molecule has 0 spiro atoms. The van der Waals surface area contributed by atoms with E-state index in [4.69, 9.17) is 4.74 Å². The normalized spacial score (nSPS) is 17.5. The number of halogens is 1. The fraction of sp³-hybridized carbons (Fsp3) is 0.583. The molecule has 1 aliphatic rings. The van der Waals surface area contributed by atoms with E-state index in [1.165, 1.54) is 0 Å². The van der Waals surface area contributed by atoms with Crippen molar-refractivity contribution in [1.29, 1.82) is 0 Å². The second-order valence-electron chi connectivity index (χ2n) is 4.39. The van der Waals surface area contributed by atoms with E-state index in [0.717, 1.165) is 28.6 Å². The van der Waals surface area contributed by atoms with E-state index in [0.29, 0.717) is 13.0 Å². The molecule has 1 aromatic rings. The number of ether oxygens (including phenoxy) is 1. The Balaban J connectivity index is 1.80. The van der Waals surface area contributed by atoms with Gasteiger partial charge in [-0.3, -0.25) is 4.79 Å². The van der Waals surface area contributed by atoms with Gasteiger partial charge in [0.05, 0.1) is 18.6 Å². The van der Waals surface area contributed by atoms with Gasteiger partial charge in [0, 0.05) is 16.5 Å². The van der Waals surface area contributed by atoms with Crippen LogP contribution in [-0.2, 0) is 16.1 Å². The van der Waals surface area contributed by atoms with Crippen molar-refractivity contribution in [2.75, 3.05) is 7.11 Å². The smallest absolute Gasteiger partial charge is 0.223 e. The van der Waals surface area contributed by atoms with Gasteiger partial charge in [-0.15, -0.1) is 11.3 Å². The maximum atomic E-state index is 11.8. The van der Waals surface area contributed by atoms with E-state index in [2.05, 4.69) is 21.2 Å². The van der Waals surface area contributed by atoms with Gasteiger partial charge < -0.3 is 10.1 Å². The first-order valence-electron chi connectivity index (χ1n) is 5.69. The zero-order valence-electron chi connectivity index (χ0n) is 9.79. The highest BCUT2D eigenvalue weighted by molar-refractivity contribution is 9.10. The molecule has 17 heavy (non-hydrogen) atoms. The van der Waals surface area contributed by atoms with Crippen molar-refractivity contribution in [2.24, 2.45) is 0 Å². The molecule has 1 amide bonds. The highest BCUT2D eigenvalue weighted by Gasteiger charge is 2.38. The minimum Gasteiger partial charge on any atom is -0.378 e. The van der Waals surface area contributed by atoms with E-state index < -0.39 is 0 Å². The Bertz CT molecular complexity index is 395. The molecule has 3 nitrogen and oxygen atoms in total. The van der Waals surface area contributed by atoms with Crippen LogP contribution in [0, 0.1) is 0 Å². The van der Waals surface area contributed by atoms with Gasteiger partial charge in [-0.25, -0.2) is 0 Å². The summed E-state index contributed by atoms with van der Waals surface area (Å²) in [6, 6.07) is 1.99. The zero-order chi connectivity index (χ0) is 12.3. The van der Waals surface area contributed by atoms with Crippen LogP contribution in [0.3, 0.4) is 0 Å². The molecule has 5 heteroatoms. The van der Waals surface area contributed by atoms with Gasteiger partial charge in [-0.1, -0.05) is 0 Å². The number of rotatable bonds is 5. The molecular weight excluding hydrogens is 302 g/mol. The Morgan fingerprint density at radius 1 is 1.65 bits per heavy atom. The molecule has 1 aromatic heterocycles. The van der Waals surface area contributed by atoms with Gasteiger partial charge >= 0.3 is 0 Å². The maximum absolute atomic E-state index is 11.8. The monoisotopic (exact) mass is 317 g/mol. The molecule has 1 fully saturated rings. The molecule has 0 unspecified atom stereocenters. The third-order valence-corrected chi connectivity index (χ3v) is 5.24. The van der Waals surface area contributed by atoms with Crippen molar-refractivity contribution in [3.8, 4) is 0 Å². The summed E-state index contributed by atoms with van der Waals surface area (Å²) in [4.78, 5) is 13.0. The van der Waals surface area contributed by atoms with Crippen molar-refractivity contribution in [3.05, 3.63) is 20.8 Å². The largest absolute Gasteiger partial charge is 0.378 e. The van der Waals surface area contributed by atoms with Gasteiger partial charge in [0.1, 0.15) is 0 Å². The summed E-state index contributed by atoms with van der Waals surface area (Å²) in [5.41, 5.74) is -0.184. The topological polar surface area (TPSA) is 38.3 Å². The van der Waals surface area contributed by atoms with Crippen LogP contribution >= 0.6 is 27.3 Å². The van der Waals surface area contributed by atoms with Gasteiger partial charge in [0.2, 0.25) is 5.91 Å². The predicted octanol–water partition coefficient (Wildman–Crippen LogP) is 3.09. The number of methoxy groups -OCH3 is 1. The number of hydrogen-bond acceptors (Lipinski definition) is 3. The third kappa shape index (κ3) is 3.09. The molecule has 0 atom stereocenters. The van der Waals surface area contributed by atoms with Crippen LogP contribution in [0.2, 0.25) is 0 Å². The first kappa shape index (κ1) is 13.1. The van der Waals surface area contributed by atoms with Crippen LogP contribution < -0.4 is 5.32 Å². The Labute approximate surface area is 114 Å². The number of hydrogen-bond donors (Lipinski definition) is 1. The lowest BCUT2D eigenvalue weighted by Gasteiger charge is -2.39. The van der Waals surface area contributed by atoms with Crippen molar-refractivity contribution >= 4 is 33.2 Å². The summed E-state index contributed by atoms with van der Waals surface area (Å²) in [5, 5.41) is 4.95. The van der Waals surface area contributed by atoms with Crippen LogP contribution in [0.1, 0.15) is 30.6 Å². The van der Waals surface area contributed by atoms with Gasteiger partial charge in [-0.05, 0) is 46.6 Å². The molecular formula is C12H16BrNO2S. The summed E-state index contributed by atoms with van der Waals surface area (Å²) < 4.78 is 6.50. The lowest BCUT2D eigenvalue weighted by molar-refractivity contribution is -0.134. The number of nitrogens with one attached hydrogen (secondary N) is 1. The van der Waals surface area contributed by atoms with Crippen molar-refractivity contribution in [2.45, 2.75) is 37.8 Å². The SMILES string of the molecule is COC1(CC(=O)NCc2sccc2Br)CCC1.